The van der Waals surface area contributed by atoms with Crippen molar-refractivity contribution in [3.05, 3.63) is 59.9 Å². The zero-order valence-electron chi connectivity index (χ0n) is 18.0. The highest BCUT2D eigenvalue weighted by Crippen LogP contribution is 2.27. The Labute approximate surface area is 194 Å². The van der Waals surface area contributed by atoms with E-state index in [-0.39, 0.29) is 18.0 Å². The van der Waals surface area contributed by atoms with Gasteiger partial charge in [-0.25, -0.2) is 9.97 Å². The van der Waals surface area contributed by atoms with Gasteiger partial charge in [-0.15, -0.1) is 0 Å². The molecule has 1 saturated heterocycles. The molecule has 172 valence electrons. The van der Waals surface area contributed by atoms with Crippen LogP contribution >= 0.6 is 0 Å². The molecular weight excluding hydrogens is 438 g/mol. The quantitative estimate of drug-likeness (QED) is 0.470. The van der Waals surface area contributed by atoms with Crippen molar-refractivity contribution in [2.75, 3.05) is 25.0 Å². The van der Waals surface area contributed by atoms with E-state index in [2.05, 4.69) is 26.3 Å². The van der Waals surface area contributed by atoms with Gasteiger partial charge in [0.25, 0.3) is 0 Å². The van der Waals surface area contributed by atoms with E-state index in [0.717, 1.165) is 0 Å². The summed E-state index contributed by atoms with van der Waals surface area (Å²) >= 11 is 0. The zero-order valence-corrected chi connectivity index (χ0v) is 18.0. The van der Waals surface area contributed by atoms with Crippen molar-refractivity contribution in [1.29, 1.82) is 5.26 Å². The average Bonchev–Trinajstić information content (AvgIpc) is 3.33. The standard InChI is InChI=1S/C23H21N7O4/c24-10-16-9-15(3-6-19(16)34-18-7-8-30(11-18)20(32)12-31)22-26-13-27-23(29-22)28-17-4-1-14(2-5-17)21(25)33/h1-6,9,13,18,31H,7-8,11-12H2,(H2,25,33)(H,26,27,28,29). The van der Waals surface area contributed by atoms with Crippen LogP contribution in [-0.2, 0) is 4.79 Å². The Morgan fingerprint density at radius 3 is 2.74 bits per heavy atom. The number of amides is 2. The van der Waals surface area contributed by atoms with Crippen molar-refractivity contribution in [3.63, 3.8) is 0 Å². The molecule has 2 amide bonds. The number of hydrogen-bond donors (Lipinski definition) is 3. The second-order valence-electron chi connectivity index (χ2n) is 7.55. The van der Waals surface area contributed by atoms with Gasteiger partial charge in [-0.1, -0.05) is 0 Å². The molecule has 4 rings (SSSR count). The summed E-state index contributed by atoms with van der Waals surface area (Å²) in [4.78, 5) is 37.1. The molecule has 1 unspecified atom stereocenters. The molecule has 34 heavy (non-hydrogen) atoms. The second-order valence-corrected chi connectivity index (χ2v) is 7.55. The highest BCUT2D eigenvalue weighted by molar-refractivity contribution is 5.93. The van der Waals surface area contributed by atoms with Gasteiger partial charge in [0.1, 0.15) is 30.9 Å². The van der Waals surface area contributed by atoms with Crippen LogP contribution in [-0.4, -0.2) is 62.6 Å². The number of nitrogens with zero attached hydrogens (tertiary/aromatic N) is 5. The van der Waals surface area contributed by atoms with E-state index < -0.39 is 12.5 Å². The molecule has 1 aliphatic heterocycles. The van der Waals surface area contributed by atoms with Gasteiger partial charge in [0.15, 0.2) is 5.82 Å². The van der Waals surface area contributed by atoms with Gasteiger partial charge in [0, 0.05) is 29.8 Å². The number of aromatic nitrogens is 3. The molecule has 1 atom stereocenters. The highest BCUT2D eigenvalue weighted by atomic mass is 16.5. The Hall–Kier alpha value is -4.56. The summed E-state index contributed by atoms with van der Waals surface area (Å²) in [5.74, 6) is 0.185. The summed E-state index contributed by atoms with van der Waals surface area (Å²) in [5.41, 5.74) is 7.21. The minimum Gasteiger partial charge on any atom is -0.487 e. The highest BCUT2D eigenvalue weighted by Gasteiger charge is 2.27. The van der Waals surface area contributed by atoms with Gasteiger partial charge in [0.2, 0.25) is 17.8 Å². The van der Waals surface area contributed by atoms with Crippen LogP contribution in [0.15, 0.2) is 48.8 Å². The van der Waals surface area contributed by atoms with Crippen molar-refractivity contribution in [1.82, 2.24) is 19.9 Å². The maximum Gasteiger partial charge on any atom is 0.248 e. The van der Waals surface area contributed by atoms with Gasteiger partial charge in [-0.2, -0.15) is 10.2 Å². The van der Waals surface area contributed by atoms with E-state index in [0.29, 0.717) is 53.5 Å². The number of nitrogens with two attached hydrogens (primary N) is 1. The number of carbonyl (C=O) groups excluding carboxylic acids is 2. The Morgan fingerprint density at radius 1 is 1.24 bits per heavy atom. The Balaban J connectivity index is 1.49. The SMILES string of the molecule is N#Cc1cc(-c2ncnc(Nc3ccc(C(N)=O)cc3)n2)ccc1OC1CCN(C(=O)CO)C1. The summed E-state index contributed by atoms with van der Waals surface area (Å²) in [5, 5.41) is 21.7. The number of nitriles is 1. The Kier molecular flexibility index (Phi) is 6.61. The first-order valence-electron chi connectivity index (χ1n) is 10.4. The Morgan fingerprint density at radius 2 is 2.03 bits per heavy atom. The summed E-state index contributed by atoms with van der Waals surface area (Å²) in [6.07, 6.45) is 1.70. The number of nitrogens with one attached hydrogen (secondary N) is 1. The number of benzene rings is 2. The first-order valence-corrected chi connectivity index (χ1v) is 10.4. The minimum absolute atomic E-state index is 0.262. The lowest BCUT2D eigenvalue weighted by Crippen LogP contribution is -2.32. The molecule has 3 aromatic rings. The molecule has 1 aliphatic rings. The van der Waals surface area contributed by atoms with Crippen molar-refractivity contribution in [2.24, 2.45) is 5.73 Å². The molecule has 0 radical (unpaired) electrons. The molecule has 11 nitrogen and oxygen atoms in total. The maximum absolute atomic E-state index is 11.6. The van der Waals surface area contributed by atoms with Crippen LogP contribution in [0.2, 0.25) is 0 Å². The van der Waals surface area contributed by atoms with Crippen LogP contribution in [0, 0.1) is 11.3 Å². The average molecular weight is 459 g/mol. The number of anilines is 2. The third-order valence-corrected chi connectivity index (χ3v) is 5.28. The topological polar surface area (TPSA) is 167 Å². The van der Waals surface area contributed by atoms with Crippen molar-refractivity contribution >= 4 is 23.5 Å². The number of ether oxygens (including phenoxy) is 1. The second kappa shape index (κ2) is 9.93. The van der Waals surface area contributed by atoms with Crippen LogP contribution in [0.4, 0.5) is 11.6 Å². The van der Waals surface area contributed by atoms with Gasteiger partial charge in [-0.3, -0.25) is 9.59 Å². The van der Waals surface area contributed by atoms with E-state index in [4.69, 9.17) is 15.6 Å². The van der Waals surface area contributed by atoms with Crippen molar-refractivity contribution in [2.45, 2.75) is 12.5 Å². The largest absolute Gasteiger partial charge is 0.487 e. The molecule has 0 aliphatic carbocycles. The first-order chi connectivity index (χ1) is 16.5. The minimum atomic E-state index is -0.535. The fourth-order valence-electron chi connectivity index (χ4n) is 3.53. The van der Waals surface area contributed by atoms with Crippen molar-refractivity contribution in [3.8, 4) is 23.2 Å². The molecule has 1 aromatic heterocycles. The van der Waals surface area contributed by atoms with Crippen LogP contribution in [0.1, 0.15) is 22.3 Å². The molecule has 2 aromatic carbocycles. The number of carbonyl (C=O) groups is 2. The van der Waals surface area contributed by atoms with Crippen LogP contribution < -0.4 is 15.8 Å². The van der Waals surface area contributed by atoms with Crippen LogP contribution in [0.25, 0.3) is 11.4 Å². The maximum atomic E-state index is 11.6. The van der Waals surface area contributed by atoms with Gasteiger partial charge in [0.05, 0.1) is 12.1 Å². The lowest BCUT2D eigenvalue weighted by atomic mass is 10.1. The fraction of sp³-hybridized carbons (Fsp3) is 0.217. The molecule has 0 saturated carbocycles. The third kappa shape index (κ3) is 5.08. The lowest BCUT2D eigenvalue weighted by Gasteiger charge is -2.17. The third-order valence-electron chi connectivity index (χ3n) is 5.28. The number of likely N-dealkylation sites (tertiary alicyclic amines) is 1. The summed E-state index contributed by atoms with van der Waals surface area (Å²) in [7, 11) is 0. The van der Waals surface area contributed by atoms with E-state index in [1.54, 1.807) is 42.5 Å². The molecule has 4 N–H and O–H groups in total. The molecule has 1 fully saturated rings. The van der Waals surface area contributed by atoms with E-state index in [1.807, 2.05) is 0 Å². The van der Waals surface area contributed by atoms with Gasteiger partial charge < -0.3 is 25.8 Å². The van der Waals surface area contributed by atoms with Gasteiger partial charge in [-0.05, 0) is 42.5 Å². The monoisotopic (exact) mass is 459 g/mol. The number of primary amides is 1. The smallest absolute Gasteiger partial charge is 0.248 e. The predicted octanol–water partition coefficient (Wildman–Crippen LogP) is 1.22. The number of hydrogen-bond acceptors (Lipinski definition) is 9. The Bertz CT molecular complexity index is 1260. The summed E-state index contributed by atoms with van der Waals surface area (Å²) in [6, 6.07) is 13.7. The molecule has 11 heteroatoms. The molecular formula is C23H21N7O4. The predicted molar refractivity (Wildman–Crippen MR) is 121 cm³/mol. The van der Waals surface area contributed by atoms with Crippen molar-refractivity contribution < 1.29 is 19.4 Å². The number of aliphatic hydroxyl groups is 1. The van der Waals surface area contributed by atoms with Gasteiger partial charge >= 0.3 is 0 Å². The first kappa shape index (κ1) is 22.6. The zero-order chi connectivity index (χ0) is 24.1. The molecule has 2 heterocycles. The number of rotatable bonds is 7. The normalized spacial score (nSPS) is 14.9. The molecule has 0 bridgehead atoms. The lowest BCUT2D eigenvalue weighted by molar-refractivity contribution is -0.133. The van der Waals surface area contributed by atoms with E-state index in [9.17, 15) is 14.9 Å². The number of aliphatic hydroxyl groups excluding tert-OH is 1. The summed E-state index contributed by atoms with van der Waals surface area (Å²) < 4.78 is 5.95. The fourth-order valence-corrected chi connectivity index (χ4v) is 3.53. The molecule has 0 spiro atoms. The van der Waals surface area contributed by atoms with Crippen LogP contribution in [0.5, 0.6) is 5.75 Å². The van der Waals surface area contributed by atoms with E-state index in [1.165, 1.54) is 11.2 Å². The summed E-state index contributed by atoms with van der Waals surface area (Å²) in [6.45, 7) is 0.317. The van der Waals surface area contributed by atoms with Crippen LogP contribution in [0.3, 0.4) is 0 Å². The van der Waals surface area contributed by atoms with E-state index >= 15 is 0 Å².